The van der Waals surface area contributed by atoms with E-state index >= 15 is 0 Å². The molecule has 0 fully saturated rings. The van der Waals surface area contributed by atoms with E-state index in [1.807, 2.05) is 41.8 Å². The van der Waals surface area contributed by atoms with Gasteiger partial charge in [0, 0.05) is 39.5 Å². The minimum absolute atomic E-state index is 0.0406. The van der Waals surface area contributed by atoms with Gasteiger partial charge in [-0.25, -0.2) is 4.98 Å². The van der Waals surface area contributed by atoms with E-state index in [0.29, 0.717) is 10.2 Å². The third-order valence-corrected chi connectivity index (χ3v) is 5.98. The maximum atomic E-state index is 12.8. The molecule has 4 rings (SSSR count). The smallest absolute Gasteiger partial charge is 0.230 e. The Morgan fingerprint density at radius 1 is 1.17 bits per heavy atom. The quantitative estimate of drug-likeness (QED) is 0.399. The van der Waals surface area contributed by atoms with Gasteiger partial charge in [0.25, 0.3) is 0 Å². The van der Waals surface area contributed by atoms with E-state index in [4.69, 9.17) is 11.6 Å². The van der Waals surface area contributed by atoms with E-state index in [-0.39, 0.29) is 17.7 Å². The topological polar surface area (TPSA) is 46.9 Å². The van der Waals surface area contributed by atoms with Crippen LogP contribution in [0, 0.1) is 0 Å². The van der Waals surface area contributed by atoms with Gasteiger partial charge in [-0.2, -0.15) is 0 Å². The molecule has 0 radical (unpaired) electrons. The minimum atomic E-state index is -0.0801. The van der Waals surface area contributed by atoms with Crippen LogP contribution in [-0.4, -0.2) is 15.5 Å². The molecule has 0 aliphatic rings. The zero-order chi connectivity index (χ0) is 21.3. The molecule has 2 aromatic carbocycles. The Kier molecular flexibility index (Phi) is 5.67. The first kappa shape index (κ1) is 20.6. The number of halogens is 1. The number of carbonyl (C=O) groups is 1. The summed E-state index contributed by atoms with van der Waals surface area (Å²) in [6, 6.07) is 16.1. The van der Waals surface area contributed by atoms with Crippen LogP contribution in [0.25, 0.3) is 10.9 Å². The van der Waals surface area contributed by atoms with E-state index in [1.54, 1.807) is 0 Å². The molecule has 0 bridgehead atoms. The SMILES string of the molecule is CC(C)(C)c1csc(NC(=O)Cc2cn(Cc3ccccc3)c3ccc(Cl)cc23)n1. The molecule has 0 unspecified atom stereocenters. The average Bonchev–Trinajstić information content (AvgIpc) is 3.28. The van der Waals surface area contributed by atoms with E-state index in [1.165, 1.54) is 16.9 Å². The Hall–Kier alpha value is -2.63. The normalized spacial score (nSPS) is 11.7. The van der Waals surface area contributed by atoms with E-state index < -0.39 is 0 Å². The number of carbonyl (C=O) groups excluding carboxylic acids is 1. The average molecular weight is 438 g/mol. The Morgan fingerprint density at radius 3 is 2.63 bits per heavy atom. The summed E-state index contributed by atoms with van der Waals surface area (Å²) in [6.45, 7) is 7.07. The van der Waals surface area contributed by atoms with Crippen molar-refractivity contribution < 1.29 is 4.79 Å². The molecule has 0 atom stereocenters. The van der Waals surface area contributed by atoms with Crippen LogP contribution < -0.4 is 5.32 Å². The van der Waals surface area contributed by atoms with Gasteiger partial charge < -0.3 is 9.88 Å². The van der Waals surface area contributed by atoms with Gasteiger partial charge in [0.1, 0.15) is 0 Å². The maximum absolute atomic E-state index is 12.8. The number of anilines is 1. The number of hydrogen-bond donors (Lipinski definition) is 1. The van der Waals surface area contributed by atoms with Crippen molar-refractivity contribution in [1.82, 2.24) is 9.55 Å². The Morgan fingerprint density at radius 2 is 1.93 bits per heavy atom. The largest absolute Gasteiger partial charge is 0.343 e. The Balaban J connectivity index is 1.58. The van der Waals surface area contributed by atoms with Gasteiger partial charge >= 0.3 is 0 Å². The summed E-state index contributed by atoms with van der Waals surface area (Å²) in [5.74, 6) is -0.0801. The van der Waals surface area contributed by atoms with Crippen LogP contribution in [0.5, 0.6) is 0 Å². The highest BCUT2D eigenvalue weighted by Gasteiger charge is 2.19. The standard InChI is InChI=1S/C24H24ClN3OS/c1-24(2,3)21-15-30-23(26-21)27-22(29)11-17-14-28(13-16-7-5-4-6-8-16)20-10-9-18(25)12-19(17)20/h4-10,12,14-15H,11,13H2,1-3H3,(H,26,27,29). The number of hydrogen-bond acceptors (Lipinski definition) is 3. The second kappa shape index (κ2) is 8.25. The molecule has 1 N–H and O–H groups in total. The summed E-state index contributed by atoms with van der Waals surface area (Å²) in [4.78, 5) is 17.3. The Labute approximate surface area is 185 Å². The molecular formula is C24H24ClN3OS. The number of nitrogens with zero attached hydrogens (tertiary/aromatic N) is 2. The fourth-order valence-corrected chi connectivity index (χ4v) is 4.53. The molecule has 6 heteroatoms. The lowest BCUT2D eigenvalue weighted by Crippen LogP contribution is -2.15. The van der Waals surface area contributed by atoms with Crippen LogP contribution in [0.3, 0.4) is 0 Å². The summed E-state index contributed by atoms with van der Waals surface area (Å²) in [5, 5.41) is 7.25. The van der Waals surface area contributed by atoms with Crippen LogP contribution in [0.2, 0.25) is 5.02 Å². The van der Waals surface area contributed by atoms with Crippen LogP contribution in [0.1, 0.15) is 37.6 Å². The van der Waals surface area contributed by atoms with Crippen LogP contribution >= 0.6 is 22.9 Å². The molecule has 0 spiro atoms. The summed E-state index contributed by atoms with van der Waals surface area (Å²) in [5.41, 5.74) is 4.16. The van der Waals surface area contributed by atoms with Gasteiger partial charge in [-0.1, -0.05) is 62.7 Å². The zero-order valence-corrected chi connectivity index (χ0v) is 18.8. The highest BCUT2D eigenvalue weighted by Crippen LogP contribution is 2.28. The van der Waals surface area contributed by atoms with Crippen LogP contribution in [0.4, 0.5) is 5.13 Å². The highest BCUT2D eigenvalue weighted by molar-refractivity contribution is 7.13. The molecule has 2 aromatic heterocycles. The zero-order valence-electron chi connectivity index (χ0n) is 17.3. The summed E-state index contributed by atoms with van der Waals surface area (Å²) in [6.07, 6.45) is 2.32. The van der Waals surface area contributed by atoms with E-state index in [2.05, 4.69) is 54.0 Å². The van der Waals surface area contributed by atoms with E-state index in [9.17, 15) is 4.79 Å². The number of thiazole rings is 1. The number of benzene rings is 2. The lowest BCUT2D eigenvalue weighted by Gasteiger charge is -2.14. The molecular weight excluding hydrogens is 414 g/mol. The molecule has 0 aliphatic heterocycles. The molecule has 4 nitrogen and oxygen atoms in total. The predicted molar refractivity (Wildman–Crippen MR) is 126 cm³/mol. The number of rotatable bonds is 5. The molecule has 2 heterocycles. The molecule has 1 amide bonds. The number of aromatic nitrogens is 2. The summed E-state index contributed by atoms with van der Waals surface area (Å²) in [7, 11) is 0. The highest BCUT2D eigenvalue weighted by atomic mass is 35.5. The fourth-order valence-electron chi connectivity index (χ4n) is 3.41. The molecule has 30 heavy (non-hydrogen) atoms. The van der Waals surface area contributed by atoms with Crippen molar-refractivity contribution in [2.75, 3.05) is 5.32 Å². The van der Waals surface area contributed by atoms with E-state index in [0.717, 1.165) is 28.7 Å². The van der Waals surface area contributed by atoms with Gasteiger partial charge in [-0.05, 0) is 29.3 Å². The van der Waals surface area contributed by atoms with Gasteiger partial charge in [0.15, 0.2) is 5.13 Å². The van der Waals surface area contributed by atoms with Crippen LogP contribution in [0.15, 0.2) is 60.1 Å². The van der Waals surface area contributed by atoms with Gasteiger partial charge in [-0.15, -0.1) is 11.3 Å². The van der Waals surface area contributed by atoms with Gasteiger partial charge in [0.2, 0.25) is 5.91 Å². The van der Waals surface area contributed by atoms with Crippen molar-refractivity contribution in [3.8, 4) is 0 Å². The molecule has 154 valence electrons. The number of amides is 1. The Bertz CT molecular complexity index is 1190. The first-order valence-electron chi connectivity index (χ1n) is 9.86. The van der Waals surface area contributed by atoms with Gasteiger partial charge in [0.05, 0.1) is 12.1 Å². The maximum Gasteiger partial charge on any atom is 0.230 e. The third-order valence-electron chi connectivity index (χ3n) is 4.99. The third kappa shape index (κ3) is 4.58. The molecule has 0 aliphatic carbocycles. The fraction of sp³-hybridized carbons (Fsp3) is 0.250. The monoisotopic (exact) mass is 437 g/mol. The second-order valence-electron chi connectivity index (χ2n) is 8.44. The van der Waals surface area contributed by atoms with Crippen molar-refractivity contribution in [3.63, 3.8) is 0 Å². The minimum Gasteiger partial charge on any atom is -0.343 e. The first-order valence-corrected chi connectivity index (χ1v) is 11.1. The predicted octanol–water partition coefficient (Wildman–Crippen LogP) is 6.28. The molecule has 4 aromatic rings. The lowest BCUT2D eigenvalue weighted by atomic mass is 9.93. The van der Waals surface area contributed by atoms with Crippen molar-refractivity contribution in [2.45, 2.75) is 39.2 Å². The summed E-state index contributed by atoms with van der Waals surface area (Å²) < 4.78 is 2.17. The molecule has 0 saturated heterocycles. The first-order chi connectivity index (χ1) is 14.3. The lowest BCUT2D eigenvalue weighted by molar-refractivity contribution is -0.115. The summed E-state index contributed by atoms with van der Waals surface area (Å²) >= 11 is 7.71. The molecule has 0 saturated carbocycles. The van der Waals surface area contributed by atoms with Gasteiger partial charge in [-0.3, -0.25) is 4.79 Å². The van der Waals surface area contributed by atoms with Crippen molar-refractivity contribution in [1.29, 1.82) is 0 Å². The van der Waals surface area contributed by atoms with Crippen molar-refractivity contribution in [2.24, 2.45) is 0 Å². The number of fused-ring (bicyclic) bond motifs is 1. The number of nitrogens with one attached hydrogen (secondary N) is 1. The van der Waals surface area contributed by atoms with Crippen LogP contribution in [-0.2, 0) is 23.2 Å². The van der Waals surface area contributed by atoms with Crippen molar-refractivity contribution >= 4 is 44.9 Å². The van der Waals surface area contributed by atoms with Crippen molar-refractivity contribution in [3.05, 3.63) is 82.0 Å². The second-order valence-corrected chi connectivity index (χ2v) is 9.74.